The minimum atomic E-state index is -1.22. The van der Waals surface area contributed by atoms with Crippen molar-refractivity contribution in [2.75, 3.05) is 20.1 Å². The van der Waals surface area contributed by atoms with Crippen molar-refractivity contribution < 1.29 is 10.2 Å². The molecule has 4 rings (SSSR count). The molecule has 0 aliphatic carbocycles. The number of aliphatic hydroxyl groups excluding tert-OH is 1. The molecule has 0 bridgehead atoms. The van der Waals surface area contributed by atoms with Crippen molar-refractivity contribution in [2.24, 2.45) is 5.41 Å². The van der Waals surface area contributed by atoms with Crippen molar-refractivity contribution in [3.05, 3.63) is 81.1 Å². The van der Waals surface area contributed by atoms with Gasteiger partial charge in [0.2, 0.25) is 0 Å². The lowest BCUT2D eigenvalue weighted by molar-refractivity contribution is -0.127. The average Bonchev–Trinajstić information content (AvgIpc) is 3.22. The summed E-state index contributed by atoms with van der Waals surface area (Å²) in [6.45, 7) is 9.89. The third kappa shape index (κ3) is 4.47. The van der Waals surface area contributed by atoms with Gasteiger partial charge in [0, 0.05) is 47.4 Å². The van der Waals surface area contributed by atoms with E-state index in [1.165, 1.54) is 16.9 Å². The highest BCUT2D eigenvalue weighted by molar-refractivity contribution is 7.09. The average molecular weight is 462 g/mol. The Bertz CT molecular complexity index is 1190. The van der Waals surface area contributed by atoms with E-state index in [0.717, 1.165) is 23.7 Å². The van der Waals surface area contributed by atoms with Crippen molar-refractivity contribution in [2.45, 2.75) is 45.3 Å². The number of hydrogen-bond acceptors (Lipinski definition) is 6. The topological polar surface area (TPSA) is 69.5 Å². The monoisotopic (exact) mass is 461 g/mol. The molecule has 3 aromatic rings. The summed E-state index contributed by atoms with van der Waals surface area (Å²) in [7, 11) is 2.06. The van der Waals surface area contributed by atoms with Crippen LogP contribution in [0.1, 0.15) is 65.7 Å². The number of aromatic nitrogens is 2. The maximum Gasteiger partial charge on any atom is 0.158 e. The van der Waals surface area contributed by atoms with Crippen molar-refractivity contribution >= 4 is 11.3 Å². The van der Waals surface area contributed by atoms with Gasteiger partial charge in [0.25, 0.3) is 0 Å². The Morgan fingerprint density at radius 2 is 1.85 bits per heavy atom. The number of hydrogen-bond donors (Lipinski definition) is 2. The highest BCUT2D eigenvalue weighted by atomic mass is 32.1. The molecule has 0 radical (unpaired) electrons. The van der Waals surface area contributed by atoms with Crippen LogP contribution in [0.5, 0.6) is 0 Å². The Labute approximate surface area is 200 Å². The second-order valence-electron chi connectivity index (χ2n) is 9.65. The summed E-state index contributed by atoms with van der Waals surface area (Å²) in [6.07, 6.45) is 2.43. The molecule has 2 atom stereocenters. The molecule has 6 heteroatoms. The molecule has 0 saturated carbocycles. The van der Waals surface area contributed by atoms with Crippen molar-refractivity contribution in [3.63, 3.8) is 0 Å². The zero-order chi connectivity index (χ0) is 23.8. The van der Waals surface area contributed by atoms with E-state index >= 15 is 0 Å². The Balaban J connectivity index is 1.72. The number of pyridine rings is 1. The molecule has 33 heavy (non-hydrogen) atoms. The van der Waals surface area contributed by atoms with Crippen LogP contribution in [0.25, 0.3) is 0 Å². The quantitative estimate of drug-likeness (QED) is 0.556. The number of rotatable bonds is 5. The zero-order valence-electron chi connectivity index (χ0n) is 19.8. The van der Waals surface area contributed by atoms with E-state index in [1.54, 1.807) is 12.4 Å². The minimum Gasteiger partial charge on any atom is -0.380 e. The fourth-order valence-electron chi connectivity index (χ4n) is 4.78. The van der Waals surface area contributed by atoms with Gasteiger partial charge >= 0.3 is 0 Å². The highest BCUT2D eigenvalue weighted by Gasteiger charge is 2.55. The second-order valence-corrected chi connectivity index (χ2v) is 10.7. The molecule has 2 N–H and O–H groups in total. The highest BCUT2D eigenvalue weighted by Crippen LogP contribution is 2.50. The number of benzene rings is 1. The third-order valence-electron chi connectivity index (χ3n) is 6.53. The molecule has 172 valence electrons. The molecule has 0 spiro atoms. The van der Waals surface area contributed by atoms with Crippen LogP contribution in [0.4, 0.5) is 0 Å². The fraction of sp³-hybridized carbons (Fsp3) is 0.407. The van der Waals surface area contributed by atoms with E-state index in [4.69, 9.17) is 0 Å². The molecule has 1 aliphatic heterocycles. The molecular weight excluding hydrogens is 430 g/mol. The summed E-state index contributed by atoms with van der Waals surface area (Å²) >= 11 is 1.48. The van der Waals surface area contributed by atoms with Crippen LogP contribution in [0.2, 0.25) is 0 Å². The smallest absolute Gasteiger partial charge is 0.158 e. The van der Waals surface area contributed by atoms with Crippen LogP contribution in [0, 0.1) is 24.2 Å². The molecular formula is C27H31N3O2S. The van der Waals surface area contributed by atoms with Crippen molar-refractivity contribution in [1.29, 1.82) is 0 Å². The van der Waals surface area contributed by atoms with E-state index in [9.17, 15) is 10.2 Å². The number of aryl methyl sites for hydroxylation is 1. The van der Waals surface area contributed by atoms with Crippen LogP contribution in [0.3, 0.4) is 0 Å². The van der Waals surface area contributed by atoms with Gasteiger partial charge in [0.15, 0.2) is 6.10 Å². The van der Waals surface area contributed by atoms with Gasteiger partial charge in [-0.25, -0.2) is 4.98 Å². The number of nitrogens with zero attached hydrogens (tertiary/aromatic N) is 3. The van der Waals surface area contributed by atoms with Gasteiger partial charge in [-0.15, -0.1) is 11.3 Å². The molecule has 0 amide bonds. The Morgan fingerprint density at radius 3 is 2.42 bits per heavy atom. The van der Waals surface area contributed by atoms with Crippen LogP contribution >= 0.6 is 11.3 Å². The molecule has 2 aromatic heterocycles. The summed E-state index contributed by atoms with van der Waals surface area (Å²) < 4.78 is 0. The predicted octanol–water partition coefficient (Wildman–Crippen LogP) is 4.24. The lowest BCUT2D eigenvalue weighted by Crippen LogP contribution is -2.63. The molecule has 1 aromatic carbocycles. The van der Waals surface area contributed by atoms with Gasteiger partial charge in [-0.05, 0) is 37.1 Å². The second kappa shape index (κ2) is 9.00. The standard InChI is InChI=1S/C27H31N3O2S/c1-18(2)21-7-9-22(10-8-21)27(32,26(4)16-30(5)17-26)23-12-20(13-28-14-23)6-11-25(31)24-15-33-19(3)29-24/h7-10,12-15,18,25,31-32H,16-17H2,1-5H3/t25?,27-/m0/s1. The maximum atomic E-state index is 12.3. The van der Waals surface area contributed by atoms with Gasteiger partial charge in [-0.1, -0.05) is 56.9 Å². The van der Waals surface area contributed by atoms with Crippen LogP contribution in [-0.4, -0.2) is 45.2 Å². The molecule has 3 heterocycles. The summed E-state index contributed by atoms with van der Waals surface area (Å²) in [5.74, 6) is 6.30. The van der Waals surface area contributed by atoms with Gasteiger partial charge in [0.05, 0.1) is 10.7 Å². The van der Waals surface area contributed by atoms with Gasteiger partial charge in [-0.2, -0.15) is 0 Å². The number of aliphatic hydroxyl groups is 2. The molecule has 1 unspecified atom stereocenters. The minimum absolute atomic E-state index is 0.369. The van der Waals surface area contributed by atoms with E-state index in [1.807, 2.05) is 30.5 Å². The number of likely N-dealkylation sites (tertiary alicyclic amines) is 1. The largest absolute Gasteiger partial charge is 0.380 e. The Kier molecular flexibility index (Phi) is 6.43. The predicted molar refractivity (Wildman–Crippen MR) is 132 cm³/mol. The first-order valence-electron chi connectivity index (χ1n) is 11.2. The van der Waals surface area contributed by atoms with E-state index in [0.29, 0.717) is 22.7 Å². The third-order valence-corrected chi connectivity index (χ3v) is 7.32. The first-order chi connectivity index (χ1) is 15.6. The summed E-state index contributed by atoms with van der Waals surface area (Å²) in [4.78, 5) is 10.9. The summed E-state index contributed by atoms with van der Waals surface area (Å²) in [6, 6.07) is 10.1. The Hall–Kier alpha value is -2.56. The van der Waals surface area contributed by atoms with Gasteiger partial charge in [0.1, 0.15) is 5.60 Å². The van der Waals surface area contributed by atoms with Gasteiger partial charge in [-0.3, -0.25) is 4.98 Å². The SMILES string of the molecule is Cc1nc(C(O)C#Cc2cncc([C@@](O)(c3ccc(C(C)C)cc3)C3(C)CN(C)C3)c2)cs1. The molecule has 1 saturated heterocycles. The van der Waals surface area contributed by atoms with Gasteiger partial charge < -0.3 is 15.1 Å². The summed E-state index contributed by atoms with van der Waals surface area (Å²) in [5, 5.41) is 25.4. The van der Waals surface area contributed by atoms with Crippen LogP contribution < -0.4 is 0 Å². The molecule has 1 fully saturated rings. The maximum absolute atomic E-state index is 12.3. The van der Waals surface area contributed by atoms with E-state index in [2.05, 4.69) is 66.7 Å². The Morgan fingerprint density at radius 1 is 1.15 bits per heavy atom. The number of thiazole rings is 1. The summed E-state index contributed by atoms with van der Waals surface area (Å²) in [5.41, 5.74) is 2.42. The molecule has 1 aliphatic rings. The van der Waals surface area contributed by atoms with Crippen molar-refractivity contribution in [3.8, 4) is 11.8 Å². The fourth-order valence-corrected chi connectivity index (χ4v) is 5.42. The van der Waals surface area contributed by atoms with E-state index < -0.39 is 11.7 Å². The first kappa shape index (κ1) is 23.6. The normalized spacial score (nSPS) is 18.2. The lowest BCUT2D eigenvalue weighted by atomic mass is 9.62. The lowest BCUT2D eigenvalue weighted by Gasteiger charge is -2.55. The van der Waals surface area contributed by atoms with E-state index in [-0.39, 0.29) is 5.41 Å². The first-order valence-corrected chi connectivity index (χ1v) is 12.1. The zero-order valence-corrected chi connectivity index (χ0v) is 20.6. The van der Waals surface area contributed by atoms with Crippen LogP contribution in [0.15, 0.2) is 48.1 Å². The van der Waals surface area contributed by atoms with Crippen molar-refractivity contribution in [1.82, 2.24) is 14.9 Å². The van der Waals surface area contributed by atoms with Crippen LogP contribution in [-0.2, 0) is 5.60 Å². The molecule has 5 nitrogen and oxygen atoms in total.